The van der Waals surface area contributed by atoms with Crippen LogP contribution in [0.15, 0.2) is 23.0 Å². The lowest BCUT2D eigenvalue weighted by Crippen LogP contribution is -2.53. The van der Waals surface area contributed by atoms with Gasteiger partial charge in [-0.1, -0.05) is 15.9 Å². The summed E-state index contributed by atoms with van der Waals surface area (Å²) in [5.41, 5.74) is 2.16. The number of hydrogen-bond donors (Lipinski definition) is 3. The molecule has 5 nitrogen and oxygen atoms in total. The SMILES string of the molecule is O=C(CC12CC3CC(CC(Br)(C3)C1)C2)Nc1ccc2[nH]c(=O)[nH]c2c1. The van der Waals surface area contributed by atoms with Crippen molar-refractivity contribution < 1.29 is 4.79 Å². The van der Waals surface area contributed by atoms with Gasteiger partial charge in [0, 0.05) is 16.4 Å². The molecular formula is C19H22BrN3O2. The number of benzene rings is 1. The molecule has 0 radical (unpaired) electrons. The Labute approximate surface area is 154 Å². The van der Waals surface area contributed by atoms with E-state index in [0.29, 0.717) is 6.42 Å². The molecular weight excluding hydrogens is 382 g/mol. The number of fused-ring (bicyclic) bond motifs is 1. The molecule has 2 aromatic rings. The number of aromatic nitrogens is 2. The quantitative estimate of drug-likeness (QED) is 0.679. The molecule has 2 unspecified atom stereocenters. The first-order valence-corrected chi connectivity index (χ1v) is 9.91. The minimum Gasteiger partial charge on any atom is -0.326 e. The smallest absolute Gasteiger partial charge is 0.323 e. The average Bonchev–Trinajstić information content (AvgIpc) is 2.83. The number of carbonyl (C=O) groups excluding carboxylic acids is 1. The van der Waals surface area contributed by atoms with E-state index in [2.05, 4.69) is 31.2 Å². The average molecular weight is 404 g/mol. The lowest BCUT2D eigenvalue weighted by atomic mass is 9.48. The molecule has 25 heavy (non-hydrogen) atoms. The van der Waals surface area contributed by atoms with Crippen molar-refractivity contribution in [1.29, 1.82) is 0 Å². The largest absolute Gasteiger partial charge is 0.326 e. The Morgan fingerprint density at radius 1 is 1.16 bits per heavy atom. The monoisotopic (exact) mass is 403 g/mol. The van der Waals surface area contributed by atoms with Gasteiger partial charge in [-0.05, 0) is 74.0 Å². The predicted octanol–water partition coefficient (Wildman–Crippen LogP) is 3.92. The van der Waals surface area contributed by atoms with Crippen LogP contribution < -0.4 is 11.0 Å². The maximum Gasteiger partial charge on any atom is 0.323 e. The Bertz CT molecular complexity index is 901. The molecule has 0 saturated heterocycles. The minimum atomic E-state index is -0.227. The summed E-state index contributed by atoms with van der Waals surface area (Å²) < 4.78 is 0.279. The number of H-pyrrole nitrogens is 2. The fourth-order valence-electron chi connectivity index (χ4n) is 6.20. The molecule has 2 atom stereocenters. The number of rotatable bonds is 3. The van der Waals surface area contributed by atoms with E-state index in [9.17, 15) is 9.59 Å². The highest BCUT2D eigenvalue weighted by Crippen LogP contribution is 2.65. The van der Waals surface area contributed by atoms with Gasteiger partial charge in [0.1, 0.15) is 0 Å². The van der Waals surface area contributed by atoms with Crippen LogP contribution in [-0.4, -0.2) is 20.2 Å². The van der Waals surface area contributed by atoms with Gasteiger partial charge in [0.15, 0.2) is 0 Å². The number of halogens is 1. The third-order valence-electron chi connectivity index (χ3n) is 6.45. The topological polar surface area (TPSA) is 77.8 Å². The Morgan fingerprint density at radius 3 is 2.60 bits per heavy atom. The van der Waals surface area contributed by atoms with Gasteiger partial charge in [-0.2, -0.15) is 0 Å². The maximum atomic E-state index is 12.7. The van der Waals surface area contributed by atoms with Crippen molar-refractivity contribution in [3.05, 3.63) is 28.7 Å². The van der Waals surface area contributed by atoms with E-state index < -0.39 is 0 Å². The van der Waals surface area contributed by atoms with Gasteiger partial charge >= 0.3 is 5.69 Å². The summed E-state index contributed by atoms with van der Waals surface area (Å²) in [5, 5.41) is 3.04. The molecule has 4 saturated carbocycles. The molecule has 4 fully saturated rings. The van der Waals surface area contributed by atoms with Crippen LogP contribution in [0.1, 0.15) is 44.9 Å². The third-order valence-corrected chi connectivity index (χ3v) is 7.37. The molecule has 132 valence electrons. The highest BCUT2D eigenvalue weighted by Gasteiger charge is 2.57. The Morgan fingerprint density at radius 2 is 1.88 bits per heavy atom. The normalized spacial score (nSPS) is 36.0. The molecule has 6 rings (SSSR count). The van der Waals surface area contributed by atoms with E-state index in [1.54, 1.807) is 0 Å². The van der Waals surface area contributed by atoms with Crippen LogP contribution in [0.5, 0.6) is 0 Å². The molecule has 6 heteroatoms. The fourth-order valence-corrected chi connectivity index (χ4v) is 7.71. The van der Waals surface area contributed by atoms with Crippen LogP contribution in [-0.2, 0) is 4.79 Å². The van der Waals surface area contributed by atoms with Crippen molar-refractivity contribution in [1.82, 2.24) is 9.97 Å². The summed E-state index contributed by atoms with van der Waals surface area (Å²) in [6.45, 7) is 0. The first kappa shape index (κ1) is 15.7. The van der Waals surface area contributed by atoms with Gasteiger partial charge in [-0.3, -0.25) is 4.79 Å². The highest BCUT2D eigenvalue weighted by molar-refractivity contribution is 9.10. The molecule has 0 spiro atoms. The van der Waals surface area contributed by atoms with Crippen LogP contribution in [0.25, 0.3) is 11.0 Å². The van der Waals surface area contributed by atoms with Crippen molar-refractivity contribution >= 4 is 38.6 Å². The number of carbonyl (C=O) groups is 1. The fraction of sp³-hybridized carbons (Fsp3) is 0.579. The third kappa shape index (κ3) is 2.75. The van der Waals surface area contributed by atoms with Crippen molar-refractivity contribution in [3.8, 4) is 0 Å². The highest BCUT2D eigenvalue weighted by atomic mass is 79.9. The van der Waals surface area contributed by atoms with E-state index in [0.717, 1.165) is 35.0 Å². The van der Waals surface area contributed by atoms with Crippen LogP contribution in [0.2, 0.25) is 0 Å². The van der Waals surface area contributed by atoms with Crippen LogP contribution in [0.4, 0.5) is 5.69 Å². The maximum absolute atomic E-state index is 12.7. The second kappa shape index (κ2) is 5.22. The number of imidazole rings is 1. The second-order valence-electron chi connectivity index (χ2n) is 8.68. The molecule has 3 N–H and O–H groups in total. The van der Waals surface area contributed by atoms with E-state index in [1.165, 1.54) is 32.1 Å². The lowest BCUT2D eigenvalue weighted by Gasteiger charge is -2.60. The summed E-state index contributed by atoms with van der Waals surface area (Å²) in [7, 11) is 0. The zero-order valence-electron chi connectivity index (χ0n) is 14.0. The standard InChI is InChI=1S/C19H22BrN3O2/c20-19-7-11-3-12(8-19)6-18(5-11,10-19)9-16(24)21-13-1-2-14-15(4-13)23-17(25)22-14/h1-2,4,11-12H,3,5-10H2,(H,21,24)(H2,22,23,25). The minimum absolute atomic E-state index is 0.0929. The zero-order valence-corrected chi connectivity index (χ0v) is 15.6. The van der Waals surface area contributed by atoms with E-state index in [1.807, 2.05) is 18.2 Å². The number of hydrogen-bond acceptors (Lipinski definition) is 2. The van der Waals surface area contributed by atoms with Gasteiger partial charge in [0.25, 0.3) is 0 Å². The first-order valence-electron chi connectivity index (χ1n) is 9.11. The lowest BCUT2D eigenvalue weighted by molar-refractivity contribution is -0.123. The van der Waals surface area contributed by atoms with Gasteiger partial charge in [-0.15, -0.1) is 0 Å². The Kier molecular flexibility index (Phi) is 3.28. The molecule has 4 aliphatic carbocycles. The van der Waals surface area contributed by atoms with Gasteiger partial charge < -0.3 is 15.3 Å². The summed E-state index contributed by atoms with van der Waals surface area (Å²) in [4.78, 5) is 29.6. The Balaban J connectivity index is 1.33. The summed E-state index contributed by atoms with van der Waals surface area (Å²) >= 11 is 4.01. The predicted molar refractivity (Wildman–Crippen MR) is 101 cm³/mol. The van der Waals surface area contributed by atoms with Crippen molar-refractivity contribution in [2.75, 3.05) is 5.32 Å². The molecule has 4 bridgehead atoms. The molecule has 1 amide bonds. The molecule has 4 aliphatic rings. The molecule has 0 aliphatic heterocycles. The molecule has 1 aromatic heterocycles. The summed E-state index contributed by atoms with van der Waals surface area (Å²) in [6.07, 6.45) is 8.06. The number of amides is 1. The van der Waals surface area contributed by atoms with Crippen molar-refractivity contribution in [2.24, 2.45) is 17.3 Å². The van der Waals surface area contributed by atoms with Gasteiger partial charge in [0.2, 0.25) is 5.91 Å². The van der Waals surface area contributed by atoms with E-state index >= 15 is 0 Å². The van der Waals surface area contributed by atoms with Crippen molar-refractivity contribution in [3.63, 3.8) is 0 Å². The number of nitrogens with one attached hydrogen (secondary N) is 3. The van der Waals surface area contributed by atoms with Crippen LogP contribution in [0, 0.1) is 17.3 Å². The van der Waals surface area contributed by atoms with E-state index in [4.69, 9.17) is 0 Å². The number of anilines is 1. The molecule has 1 heterocycles. The second-order valence-corrected chi connectivity index (χ2v) is 10.4. The van der Waals surface area contributed by atoms with Gasteiger partial charge in [-0.25, -0.2) is 4.79 Å². The van der Waals surface area contributed by atoms with E-state index in [-0.39, 0.29) is 21.3 Å². The molecule has 1 aromatic carbocycles. The van der Waals surface area contributed by atoms with Crippen LogP contribution >= 0.6 is 15.9 Å². The first-order chi connectivity index (χ1) is 11.9. The number of aromatic amines is 2. The van der Waals surface area contributed by atoms with Crippen LogP contribution in [0.3, 0.4) is 0 Å². The van der Waals surface area contributed by atoms with Crippen molar-refractivity contribution in [2.45, 2.75) is 49.3 Å². The summed E-state index contributed by atoms with van der Waals surface area (Å²) in [5.74, 6) is 1.67. The summed E-state index contributed by atoms with van der Waals surface area (Å²) in [6, 6.07) is 5.48. The van der Waals surface area contributed by atoms with Gasteiger partial charge in [0.05, 0.1) is 11.0 Å². The zero-order chi connectivity index (χ0) is 17.2. The number of alkyl halides is 1. The Hall–Kier alpha value is -1.56.